The van der Waals surface area contributed by atoms with Crippen LogP contribution in [-0.4, -0.2) is 16.2 Å². The van der Waals surface area contributed by atoms with E-state index in [0.717, 1.165) is 17.8 Å². The Morgan fingerprint density at radius 1 is 1.00 bits per heavy atom. The second-order valence-electron chi connectivity index (χ2n) is 7.30. The average molecular weight is 285 g/mol. The minimum Gasteiger partial charge on any atom is -0.612 e. The molecule has 0 atom stereocenters. The average Bonchev–Trinajstić information content (AvgIpc) is 2.44. The predicted molar refractivity (Wildman–Crippen MR) is 82.4 cm³/mol. The summed E-state index contributed by atoms with van der Waals surface area (Å²) < 4.78 is 0. The van der Waals surface area contributed by atoms with Crippen LogP contribution in [-0.2, 0) is 0 Å². The van der Waals surface area contributed by atoms with E-state index in [1.807, 2.05) is 18.4 Å². The molecule has 0 aromatic carbocycles. The van der Waals surface area contributed by atoms with E-state index in [1.165, 1.54) is 38.5 Å². The summed E-state index contributed by atoms with van der Waals surface area (Å²) in [7, 11) is 0. The largest absolute Gasteiger partial charge is 0.612 e. The molecule has 0 amide bonds. The first kappa shape index (κ1) is 13.0. The van der Waals surface area contributed by atoms with Gasteiger partial charge >= 0.3 is 0 Å². The molecule has 0 aromatic rings. The first-order chi connectivity index (χ1) is 10.1. The Kier molecular flexibility index (Phi) is 2.88. The van der Waals surface area contributed by atoms with Gasteiger partial charge in [0, 0.05) is 17.8 Å². The summed E-state index contributed by atoms with van der Waals surface area (Å²) in [5.41, 5.74) is 1.09. The third-order valence-electron chi connectivity index (χ3n) is 5.71. The lowest BCUT2D eigenvalue weighted by atomic mass is 9.53. The highest BCUT2D eigenvalue weighted by molar-refractivity contribution is 6.08. The number of hydrogen-bond acceptors (Lipinski definition) is 3. The van der Waals surface area contributed by atoms with Crippen molar-refractivity contribution in [2.45, 2.75) is 44.1 Å². The zero-order valence-corrected chi connectivity index (χ0v) is 12.1. The molecule has 0 unspecified atom stereocenters. The number of hydrogen-bond donors (Lipinski definition) is 1. The van der Waals surface area contributed by atoms with Gasteiger partial charge in [-0.05, 0) is 62.4 Å². The third-order valence-corrected chi connectivity index (χ3v) is 5.71. The summed E-state index contributed by atoms with van der Waals surface area (Å²) in [6, 6.07) is 0. The van der Waals surface area contributed by atoms with Crippen LogP contribution in [0.2, 0.25) is 0 Å². The molecular weight excluding hydrogens is 264 g/mol. The van der Waals surface area contributed by atoms with Crippen molar-refractivity contribution < 1.29 is 4.90 Å². The van der Waals surface area contributed by atoms with E-state index in [1.54, 1.807) is 12.2 Å². The number of nitrogens with one attached hydrogen (secondary N) is 1. The zero-order chi connectivity index (χ0) is 14.4. The van der Waals surface area contributed by atoms with Gasteiger partial charge in [0.15, 0.2) is 0 Å². The van der Waals surface area contributed by atoms with Crippen LogP contribution in [0.4, 0.5) is 0 Å². The van der Waals surface area contributed by atoms with Crippen molar-refractivity contribution in [3.8, 4) is 0 Å². The lowest BCUT2D eigenvalue weighted by Crippen LogP contribution is -2.57. The van der Waals surface area contributed by atoms with E-state index in [0.29, 0.717) is 5.57 Å². The molecule has 4 saturated carbocycles. The molecule has 4 bridgehead atoms. The van der Waals surface area contributed by atoms with Crippen LogP contribution < -0.4 is 5.32 Å². The van der Waals surface area contributed by atoms with Gasteiger partial charge in [-0.25, -0.2) is 0 Å². The maximum atomic E-state index is 11.1. The predicted octanol–water partition coefficient (Wildman–Crippen LogP) is 3.00. The fourth-order valence-corrected chi connectivity index (χ4v) is 5.29. The Bertz CT molecular complexity index is 532. The maximum Gasteiger partial charge on any atom is 0.231 e. The van der Waals surface area contributed by atoms with Crippen molar-refractivity contribution in [1.82, 2.24) is 5.32 Å². The van der Waals surface area contributed by atoms with Crippen LogP contribution >= 0.6 is 0 Å². The molecule has 0 aliphatic heterocycles. The van der Waals surface area contributed by atoms with Crippen LogP contribution in [0.1, 0.15) is 38.5 Å². The lowest BCUT2D eigenvalue weighted by molar-refractivity contribution is -0.377. The Labute approximate surface area is 125 Å². The Morgan fingerprint density at radius 2 is 1.57 bits per heavy atom. The summed E-state index contributed by atoms with van der Waals surface area (Å²) >= 11 is 0. The smallest absolute Gasteiger partial charge is 0.231 e. The molecule has 5 rings (SSSR count). The van der Waals surface area contributed by atoms with E-state index >= 15 is 0 Å². The minimum atomic E-state index is -0.298. The second-order valence-corrected chi connectivity index (χ2v) is 7.30. The third kappa shape index (κ3) is 2.27. The van der Waals surface area contributed by atoms with Crippen molar-refractivity contribution in [2.24, 2.45) is 17.8 Å². The highest BCUT2D eigenvalue weighted by Crippen LogP contribution is 2.55. The Hall–Kier alpha value is -1.71. The molecule has 4 heteroatoms. The van der Waals surface area contributed by atoms with Gasteiger partial charge in [-0.15, -0.1) is 0 Å². The van der Waals surface area contributed by atoms with Gasteiger partial charge in [-0.2, -0.15) is 4.90 Å². The van der Waals surface area contributed by atoms with Gasteiger partial charge in [0.1, 0.15) is 0 Å². The van der Waals surface area contributed by atoms with Crippen LogP contribution in [0.25, 0.3) is 0 Å². The zero-order valence-electron chi connectivity index (χ0n) is 12.1. The molecule has 0 radical (unpaired) electrons. The monoisotopic (exact) mass is 285 g/mol. The van der Waals surface area contributed by atoms with Gasteiger partial charge < -0.3 is 15.7 Å². The lowest BCUT2D eigenvalue weighted by Gasteiger charge is -2.57. The van der Waals surface area contributed by atoms with Crippen molar-refractivity contribution in [1.29, 1.82) is 0 Å². The van der Waals surface area contributed by atoms with E-state index in [-0.39, 0.29) is 16.2 Å². The number of nitrogens with zero attached hydrogens (tertiary/aromatic N) is 1. The fourth-order valence-electron chi connectivity index (χ4n) is 5.29. The SMILES string of the molecule is [O-][N+]([O-])=C1C=CC=CC1=CNC12CC3CC(CC(C3)C1)C2. The first-order valence-electron chi connectivity index (χ1n) is 7.98. The maximum absolute atomic E-state index is 11.1. The first-order valence-corrected chi connectivity index (χ1v) is 7.98. The second kappa shape index (κ2) is 4.65. The molecule has 1 N–H and O–H groups in total. The summed E-state index contributed by atoms with van der Waals surface area (Å²) in [5, 5.41) is 25.8. The molecule has 0 saturated heterocycles. The quantitative estimate of drug-likeness (QED) is 0.626. The Morgan fingerprint density at radius 3 is 2.14 bits per heavy atom. The van der Waals surface area contributed by atoms with E-state index < -0.39 is 0 Å². The molecule has 21 heavy (non-hydrogen) atoms. The van der Waals surface area contributed by atoms with E-state index in [4.69, 9.17) is 0 Å². The number of allylic oxidation sites excluding steroid dienone is 5. The van der Waals surface area contributed by atoms with Gasteiger partial charge in [0.2, 0.25) is 5.71 Å². The van der Waals surface area contributed by atoms with Crippen molar-refractivity contribution >= 4 is 5.71 Å². The summed E-state index contributed by atoms with van der Waals surface area (Å²) in [4.78, 5) is -0.298. The van der Waals surface area contributed by atoms with Gasteiger partial charge in [0.25, 0.3) is 0 Å². The molecule has 112 valence electrons. The molecule has 0 heterocycles. The summed E-state index contributed by atoms with van der Waals surface area (Å²) in [6.45, 7) is 0. The topological polar surface area (TPSA) is 61.2 Å². The van der Waals surface area contributed by atoms with Crippen LogP contribution in [0.15, 0.2) is 36.1 Å². The summed E-state index contributed by atoms with van der Waals surface area (Å²) in [6.07, 6.45) is 16.8. The molecule has 5 aliphatic carbocycles. The van der Waals surface area contributed by atoms with Gasteiger partial charge in [0.05, 0.1) is 5.57 Å². The fraction of sp³-hybridized carbons (Fsp3) is 0.588. The highest BCUT2D eigenvalue weighted by atomic mass is 16.8. The minimum absolute atomic E-state index is 0.190. The van der Waals surface area contributed by atoms with Crippen LogP contribution in [0.5, 0.6) is 0 Å². The standard InChI is InChI=1S/C17H21N2O2/c20-19(21)16-4-2-1-3-15(16)11-18-17-8-12-5-13(9-17)7-14(6-12)10-17/h1-4,11-14,18H,5-10H2/q-1. The molecule has 0 aromatic heterocycles. The van der Waals surface area contributed by atoms with E-state index in [9.17, 15) is 10.4 Å². The molecule has 5 aliphatic rings. The van der Waals surface area contributed by atoms with Gasteiger partial charge in [-0.3, -0.25) is 0 Å². The van der Waals surface area contributed by atoms with Crippen molar-refractivity contribution in [3.63, 3.8) is 0 Å². The Balaban J connectivity index is 1.56. The molecule has 4 nitrogen and oxygen atoms in total. The highest BCUT2D eigenvalue weighted by Gasteiger charge is 2.50. The molecule has 4 fully saturated rings. The van der Waals surface area contributed by atoms with Crippen molar-refractivity contribution in [2.75, 3.05) is 0 Å². The summed E-state index contributed by atoms with van der Waals surface area (Å²) in [5.74, 6) is 2.63. The van der Waals surface area contributed by atoms with Crippen molar-refractivity contribution in [3.05, 3.63) is 46.5 Å². The van der Waals surface area contributed by atoms with E-state index in [2.05, 4.69) is 5.32 Å². The van der Waals surface area contributed by atoms with Crippen LogP contribution in [0, 0.1) is 28.2 Å². The van der Waals surface area contributed by atoms with Gasteiger partial charge in [-0.1, -0.05) is 12.2 Å². The molecule has 0 spiro atoms. The molecular formula is C17H21N2O2-. The number of rotatable bonds is 2. The normalized spacial score (nSPS) is 41.8. The van der Waals surface area contributed by atoms with Crippen LogP contribution in [0.3, 0.4) is 0 Å².